The van der Waals surface area contributed by atoms with E-state index in [2.05, 4.69) is 20.9 Å². The van der Waals surface area contributed by atoms with Crippen LogP contribution in [0.25, 0.3) is 10.8 Å². The number of nitrogens with zero attached hydrogens (tertiary/aromatic N) is 1. The summed E-state index contributed by atoms with van der Waals surface area (Å²) in [4.78, 5) is 16.9. The second-order valence-corrected chi connectivity index (χ2v) is 5.49. The number of carbonyl (C=O) groups is 1. The SMILES string of the molecule is COc1cc(Br)ccc1C(=O)c1cccc2cnccc12. The van der Waals surface area contributed by atoms with Crippen molar-refractivity contribution in [2.75, 3.05) is 7.11 Å². The zero-order valence-electron chi connectivity index (χ0n) is 11.3. The van der Waals surface area contributed by atoms with E-state index in [1.54, 1.807) is 31.6 Å². The van der Waals surface area contributed by atoms with Gasteiger partial charge < -0.3 is 4.74 Å². The highest BCUT2D eigenvalue weighted by Gasteiger charge is 2.16. The summed E-state index contributed by atoms with van der Waals surface area (Å²) in [5.74, 6) is 0.497. The molecule has 0 bridgehead atoms. The van der Waals surface area contributed by atoms with Gasteiger partial charge in [-0.15, -0.1) is 0 Å². The molecule has 0 aliphatic carbocycles. The molecule has 0 fully saturated rings. The normalized spacial score (nSPS) is 10.6. The lowest BCUT2D eigenvalue weighted by Gasteiger charge is -2.10. The van der Waals surface area contributed by atoms with Crippen molar-refractivity contribution in [1.82, 2.24) is 4.98 Å². The molecule has 0 aliphatic heterocycles. The summed E-state index contributed by atoms with van der Waals surface area (Å²) in [6.07, 6.45) is 3.45. The number of hydrogen-bond donors (Lipinski definition) is 0. The topological polar surface area (TPSA) is 39.2 Å². The molecule has 2 aromatic carbocycles. The van der Waals surface area contributed by atoms with Gasteiger partial charge in [0.05, 0.1) is 12.7 Å². The minimum Gasteiger partial charge on any atom is -0.496 e. The number of carbonyl (C=O) groups excluding carboxylic acids is 1. The quantitative estimate of drug-likeness (QED) is 0.669. The number of methoxy groups -OCH3 is 1. The molecule has 3 rings (SSSR count). The number of ether oxygens (including phenoxy) is 1. The Bertz CT molecular complexity index is 825. The van der Waals surface area contributed by atoms with Crippen LogP contribution < -0.4 is 4.74 Å². The van der Waals surface area contributed by atoms with Crippen LogP contribution in [0.2, 0.25) is 0 Å². The van der Waals surface area contributed by atoms with Gasteiger partial charge in [-0.05, 0) is 29.7 Å². The molecular formula is C17H12BrNO2. The lowest BCUT2D eigenvalue weighted by Crippen LogP contribution is -2.04. The molecule has 21 heavy (non-hydrogen) atoms. The maximum absolute atomic E-state index is 12.8. The minimum absolute atomic E-state index is 0.0591. The Morgan fingerprint density at radius 2 is 2.00 bits per heavy atom. The number of aromatic nitrogens is 1. The molecule has 0 amide bonds. The van der Waals surface area contributed by atoms with E-state index >= 15 is 0 Å². The van der Waals surface area contributed by atoms with Crippen molar-refractivity contribution in [3.63, 3.8) is 0 Å². The van der Waals surface area contributed by atoms with Crippen LogP contribution in [0.1, 0.15) is 15.9 Å². The number of rotatable bonds is 3. The zero-order chi connectivity index (χ0) is 14.8. The van der Waals surface area contributed by atoms with Gasteiger partial charge >= 0.3 is 0 Å². The Hall–Kier alpha value is -2.20. The van der Waals surface area contributed by atoms with Crippen molar-refractivity contribution in [2.45, 2.75) is 0 Å². The van der Waals surface area contributed by atoms with E-state index in [1.807, 2.05) is 30.3 Å². The summed E-state index contributed by atoms with van der Waals surface area (Å²) < 4.78 is 6.19. The van der Waals surface area contributed by atoms with Gasteiger partial charge in [0.1, 0.15) is 5.75 Å². The van der Waals surface area contributed by atoms with E-state index < -0.39 is 0 Å². The number of hydrogen-bond acceptors (Lipinski definition) is 3. The molecule has 0 radical (unpaired) electrons. The molecule has 4 heteroatoms. The number of benzene rings is 2. The second kappa shape index (κ2) is 5.66. The Balaban J connectivity index is 2.17. The van der Waals surface area contributed by atoms with Crippen LogP contribution in [-0.2, 0) is 0 Å². The molecule has 0 saturated heterocycles. The average molecular weight is 342 g/mol. The fourth-order valence-electron chi connectivity index (χ4n) is 2.32. The van der Waals surface area contributed by atoms with Gasteiger partial charge in [-0.2, -0.15) is 0 Å². The summed E-state index contributed by atoms with van der Waals surface area (Å²) in [5, 5.41) is 1.84. The lowest BCUT2D eigenvalue weighted by atomic mass is 9.98. The van der Waals surface area contributed by atoms with Crippen LogP contribution in [0.3, 0.4) is 0 Å². The molecule has 0 spiro atoms. The van der Waals surface area contributed by atoms with E-state index in [9.17, 15) is 4.79 Å². The van der Waals surface area contributed by atoms with Gasteiger partial charge in [0.15, 0.2) is 5.78 Å². The van der Waals surface area contributed by atoms with E-state index in [4.69, 9.17) is 4.74 Å². The highest BCUT2D eigenvalue weighted by Crippen LogP contribution is 2.28. The van der Waals surface area contributed by atoms with Gasteiger partial charge in [0.2, 0.25) is 0 Å². The monoisotopic (exact) mass is 341 g/mol. The average Bonchev–Trinajstić information content (AvgIpc) is 2.53. The van der Waals surface area contributed by atoms with Crippen molar-refractivity contribution in [3.8, 4) is 5.75 Å². The van der Waals surface area contributed by atoms with Crippen molar-refractivity contribution < 1.29 is 9.53 Å². The van der Waals surface area contributed by atoms with E-state index in [-0.39, 0.29) is 5.78 Å². The molecule has 0 unspecified atom stereocenters. The molecule has 0 saturated carbocycles. The largest absolute Gasteiger partial charge is 0.496 e. The van der Waals surface area contributed by atoms with E-state index in [0.717, 1.165) is 15.2 Å². The Kier molecular flexibility index (Phi) is 3.71. The van der Waals surface area contributed by atoms with Crippen LogP contribution in [0, 0.1) is 0 Å². The van der Waals surface area contributed by atoms with Crippen LogP contribution >= 0.6 is 15.9 Å². The molecule has 0 N–H and O–H groups in total. The fraction of sp³-hybridized carbons (Fsp3) is 0.0588. The predicted molar refractivity (Wildman–Crippen MR) is 85.9 cm³/mol. The molecule has 104 valence electrons. The molecule has 3 nitrogen and oxygen atoms in total. The Labute approximate surface area is 130 Å². The maximum atomic E-state index is 12.8. The van der Waals surface area contributed by atoms with Crippen molar-refractivity contribution in [2.24, 2.45) is 0 Å². The van der Waals surface area contributed by atoms with Crippen molar-refractivity contribution in [1.29, 1.82) is 0 Å². The summed E-state index contributed by atoms with van der Waals surface area (Å²) in [6.45, 7) is 0. The minimum atomic E-state index is -0.0591. The van der Waals surface area contributed by atoms with Gasteiger partial charge in [0.25, 0.3) is 0 Å². The van der Waals surface area contributed by atoms with Crippen molar-refractivity contribution in [3.05, 3.63) is 70.5 Å². The first-order valence-corrected chi connectivity index (χ1v) is 7.21. The number of ketones is 1. The number of fused-ring (bicyclic) bond motifs is 1. The number of halogens is 1. The van der Waals surface area contributed by atoms with Crippen molar-refractivity contribution >= 4 is 32.5 Å². The molecule has 3 aromatic rings. The van der Waals surface area contributed by atoms with Crippen LogP contribution in [0.4, 0.5) is 0 Å². The summed E-state index contributed by atoms with van der Waals surface area (Å²) >= 11 is 3.38. The first kappa shape index (κ1) is 13.8. The molecule has 0 aliphatic rings. The highest BCUT2D eigenvalue weighted by molar-refractivity contribution is 9.10. The van der Waals surface area contributed by atoms with Gasteiger partial charge in [-0.1, -0.05) is 34.1 Å². The van der Waals surface area contributed by atoms with Gasteiger partial charge in [0, 0.05) is 27.8 Å². The third-order valence-corrected chi connectivity index (χ3v) is 3.83. The van der Waals surface area contributed by atoms with Crippen LogP contribution in [-0.4, -0.2) is 17.9 Å². The first-order valence-electron chi connectivity index (χ1n) is 6.41. The first-order chi connectivity index (χ1) is 10.2. The summed E-state index contributed by atoms with van der Waals surface area (Å²) in [6, 6.07) is 12.9. The third-order valence-electron chi connectivity index (χ3n) is 3.33. The molecule has 1 heterocycles. The zero-order valence-corrected chi connectivity index (χ0v) is 12.9. The summed E-state index contributed by atoms with van der Waals surface area (Å²) in [5.41, 5.74) is 1.19. The van der Waals surface area contributed by atoms with Gasteiger partial charge in [-0.25, -0.2) is 0 Å². The van der Waals surface area contributed by atoms with Crippen LogP contribution in [0.5, 0.6) is 5.75 Å². The fourth-order valence-corrected chi connectivity index (χ4v) is 2.66. The van der Waals surface area contributed by atoms with Crippen LogP contribution in [0.15, 0.2) is 59.3 Å². The summed E-state index contributed by atoms with van der Waals surface area (Å²) in [7, 11) is 1.56. The Morgan fingerprint density at radius 1 is 1.14 bits per heavy atom. The highest BCUT2D eigenvalue weighted by atomic mass is 79.9. The third kappa shape index (κ3) is 2.54. The number of pyridine rings is 1. The smallest absolute Gasteiger partial charge is 0.197 e. The molecule has 0 atom stereocenters. The van der Waals surface area contributed by atoms with E-state index in [1.165, 1.54) is 0 Å². The Morgan fingerprint density at radius 3 is 2.81 bits per heavy atom. The molecular weight excluding hydrogens is 330 g/mol. The standard InChI is InChI=1S/C17H12BrNO2/c1-21-16-9-12(18)5-6-15(16)17(20)14-4-2-3-11-10-19-8-7-13(11)14/h2-10H,1H3. The van der Waals surface area contributed by atoms with E-state index in [0.29, 0.717) is 16.9 Å². The van der Waals surface area contributed by atoms with Gasteiger partial charge in [-0.3, -0.25) is 9.78 Å². The maximum Gasteiger partial charge on any atom is 0.197 e. The predicted octanol–water partition coefficient (Wildman–Crippen LogP) is 4.24. The lowest BCUT2D eigenvalue weighted by molar-refractivity contribution is 0.103. The second-order valence-electron chi connectivity index (χ2n) is 4.58. The molecule has 1 aromatic heterocycles.